The number of ether oxygens (including phenoxy) is 1. The molecule has 1 aliphatic heterocycles. The largest absolute Gasteiger partial charge is 0.493 e. The molecule has 0 unspecified atom stereocenters. The van der Waals surface area contributed by atoms with Gasteiger partial charge in [-0.3, -0.25) is 4.79 Å². The number of amides is 1. The maximum atomic E-state index is 12.1. The quantitative estimate of drug-likeness (QED) is 0.778. The minimum absolute atomic E-state index is 0.121. The average Bonchev–Trinajstić information content (AvgIpc) is 3.03. The Morgan fingerprint density at radius 1 is 1.25 bits per heavy atom. The fraction of sp³-hybridized carbons (Fsp3) is 0.350. The zero-order chi connectivity index (χ0) is 16.8. The van der Waals surface area contributed by atoms with E-state index in [1.165, 1.54) is 16.0 Å². The minimum atomic E-state index is 0.121. The summed E-state index contributed by atoms with van der Waals surface area (Å²) < 4.78 is 5.53. The van der Waals surface area contributed by atoms with Crippen molar-refractivity contribution >= 4 is 17.7 Å². The number of benzene rings is 2. The Kier molecular flexibility index (Phi) is 5.81. The van der Waals surface area contributed by atoms with Gasteiger partial charge in [0.2, 0.25) is 5.91 Å². The molecular weight excluding hydrogens is 318 g/mol. The number of fused-ring (bicyclic) bond motifs is 1. The third-order valence-electron chi connectivity index (χ3n) is 4.04. The highest BCUT2D eigenvalue weighted by Crippen LogP contribution is 2.26. The number of rotatable bonds is 7. The highest BCUT2D eigenvalue weighted by molar-refractivity contribution is 7.99. The second kappa shape index (κ2) is 8.25. The molecule has 24 heavy (non-hydrogen) atoms. The molecule has 0 saturated heterocycles. The van der Waals surface area contributed by atoms with Crippen molar-refractivity contribution in [3.05, 3.63) is 59.7 Å². The summed E-state index contributed by atoms with van der Waals surface area (Å²) in [4.78, 5) is 13.3. The summed E-state index contributed by atoms with van der Waals surface area (Å²) in [5, 5.41) is 3.10. The Morgan fingerprint density at radius 2 is 2.08 bits per heavy atom. The van der Waals surface area contributed by atoms with E-state index in [9.17, 15) is 4.79 Å². The second-order valence-electron chi connectivity index (χ2n) is 6.12. The van der Waals surface area contributed by atoms with E-state index in [2.05, 4.69) is 36.5 Å². The lowest BCUT2D eigenvalue weighted by Crippen LogP contribution is -2.34. The molecule has 1 N–H and O–H groups in total. The van der Waals surface area contributed by atoms with Gasteiger partial charge >= 0.3 is 0 Å². The molecule has 0 fully saturated rings. The van der Waals surface area contributed by atoms with Crippen LogP contribution in [0.2, 0.25) is 0 Å². The Labute approximate surface area is 147 Å². The van der Waals surface area contributed by atoms with Crippen LogP contribution in [-0.4, -0.2) is 24.3 Å². The van der Waals surface area contributed by atoms with E-state index in [4.69, 9.17) is 4.74 Å². The molecule has 0 spiro atoms. The molecule has 126 valence electrons. The fourth-order valence-electron chi connectivity index (χ4n) is 2.90. The molecular formula is C20H23NO2S. The summed E-state index contributed by atoms with van der Waals surface area (Å²) in [5.74, 6) is 1.93. The Bertz CT molecular complexity index is 687. The van der Waals surface area contributed by atoms with Gasteiger partial charge < -0.3 is 10.1 Å². The lowest BCUT2D eigenvalue weighted by atomic mass is 10.0. The van der Waals surface area contributed by atoms with E-state index in [0.717, 1.165) is 31.0 Å². The van der Waals surface area contributed by atoms with E-state index in [0.29, 0.717) is 6.42 Å². The summed E-state index contributed by atoms with van der Waals surface area (Å²) >= 11 is 1.72. The third kappa shape index (κ3) is 4.78. The number of carbonyl (C=O) groups is 1. The van der Waals surface area contributed by atoms with Crippen LogP contribution in [0.5, 0.6) is 5.75 Å². The zero-order valence-electron chi connectivity index (χ0n) is 14.0. The summed E-state index contributed by atoms with van der Waals surface area (Å²) in [5.41, 5.74) is 2.54. The zero-order valence-corrected chi connectivity index (χ0v) is 14.8. The second-order valence-corrected chi connectivity index (χ2v) is 7.29. The van der Waals surface area contributed by atoms with Crippen molar-refractivity contribution in [1.82, 2.24) is 5.32 Å². The summed E-state index contributed by atoms with van der Waals surface area (Å²) in [7, 11) is 0. The van der Waals surface area contributed by atoms with Crippen LogP contribution in [0.15, 0.2) is 53.4 Å². The molecule has 1 amide bonds. The molecule has 4 heteroatoms. The maximum Gasteiger partial charge on any atom is 0.221 e. The van der Waals surface area contributed by atoms with Crippen LogP contribution in [0.25, 0.3) is 0 Å². The van der Waals surface area contributed by atoms with Gasteiger partial charge in [-0.15, -0.1) is 11.8 Å². The average molecular weight is 341 g/mol. The van der Waals surface area contributed by atoms with Crippen LogP contribution in [-0.2, 0) is 17.6 Å². The molecule has 0 bridgehead atoms. The molecule has 3 rings (SSSR count). The van der Waals surface area contributed by atoms with E-state index >= 15 is 0 Å². The molecule has 1 atom stereocenters. The van der Waals surface area contributed by atoms with Gasteiger partial charge in [0.05, 0.1) is 6.61 Å². The van der Waals surface area contributed by atoms with Crippen LogP contribution >= 0.6 is 11.8 Å². The van der Waals surface area contributed by atoms with Crippen molar-refractivity contribution in [2.75, 3.05) is 12.4 Å². The van der Waals surface area contributed by atoms with E-state index in [1.54, 1.807) is 11.8 Å². The predicted octanol–water partition coefficient (Wildman–Crippen LogP) is 3.85. The minimum Gasteiger partial charge on any atom is -0.493 e. The van der Waals surface area contributed by atoms with Crippen LogP contribution in [0, 0.1) is 0 Å². The molecule has 3 nitrogen and oxygen atoms in total. The monoisotopic (exact) mass is 341 g/mol. The summed E-state index contributed by atoms with van der Waals surface area (Å²) in [6.45, 7) is 2.84. The Hall–Kier alpha value is -1.94. The molecule has 1 aliphatic rings. The van der Waals surface area contributed by atoms with Crippen LogP contribution < -0.4 is 10.1 Å². The lowest BCUT2D eigenvalue weighted by molar-refractivity contribution is -0.121. The predicted molar refractivity (Wildman–Crippen MR) is 98.7 cm³/mol. The summed E-state index contributed by atoms with van der Waals surface area (Å²) in [6.07, 6.45) is 2.38. The number of hydrogen-bond donors (Lipinski definition) is 1. The maximum absolute atomic E-state index is 12.1. The van der Waals surface area contributed by atoms with Gasteiger partial charge in [-0.05, 0) is 42.7 Å². The van der Waals surface area contributed by atoms with Gasteiger partial charge in [-0.1, -0.05) is 30.3 Å². The van der Waals surface area contributed by atoms with Gasteiger partial charge in [0.15, 0.2) is 0 Å². The molecule has 2 aromatic rings. The number of thioether (sulfide) groups is 1. The molecule has 0 saturated carbocycles. The van der Waals surface area contributed by atoms with Crippen molar-refractivity contribution in [3.8, 4) is 5.75 Å². The smallest absolute Gasteiger partial charge is 0.221 e. The van der Waals surface area contributed by atoms with Crippen molar-refractivity contribution in [2.45, 2.75) is 37.1 Å². The first-order valence-corrected chi connectivity index (χ1v) is 9.41. The van der Waals surface area contributed by atoms with Gasteiger partial charge in [-0.25, -0.2) is 0 Å². The first kappa shape index (κ1) is 16.9. The topological polar surface area (TPSA) is 38.3 Å². The first-order valence-electron chi connectivity index (χ1n) is 8.42. The van der Waals surface area contributed by atoms with Gasteiger partial charge in [0, 0.05) is 29.5 Å². The number of carbonyl (C=O) groups excluding carboxylic acids is 1. The van der Waals surface area contributed by atoms with Gasteiger partial charge in [0.25, 0.3) is 0 Å². The van der Waals surface area contributed by atoms with Crippen LogP contribution in [0.1, 0.15) is 24.5 Å². The normalized spacial score (nSPS) is 13.9. The Morgan fingerprint density at radius 3 is 2.92 bits per heavy atom. The van der Waals surface area contributed by atoms with Gasteiger partial charge in [0.1, 0.15) is 5.75 Å². The standard InChI is InChI=1S/C20H23NO2S/c1-15(13-16-7-8-19-17(14-16)9-11-23-19)21-20(22)10-12-24-18-5-3-2-4-6-18/h2-8,14-15H,9-13H2,1H3,(H,21,22)/t15-/m0/s1. The van der Waals surface area contributed by atoms with Crippen LogP contribution in [0.4, 0.5) is 0 Å². The van der Waals surface area contributed by atoms with Crippen LogP contribution in [0.3, 0.4) is 0 Å². The SMILES string of the molecule is C[C@@H](Cc1ccc2c(c1)CCO2)NC(=O)CCSc1ccccc1. The molecule has 2 aromatic carbocycles. The molecule has 0 aromatic heterocycles. The van der Waals surface area contributed by atoms with Crippen molar-refractivity contribution in [2.24, 2.45) is 0 Å². The highest BCUT2D eigenvalue weighted by Gasteiger charge is 2.14. The lowest BCUT2D eigenvalue weighted by Gasteiger charge is -2.14. The van der Waals surface area contributed by atoms with Gasteiger partial charge in [-0.2, -0.15) is 0 Å². The van der Waals surface area contributed by atoms with E-state index in [1.807, 2.05) is 24.3 Å². The van der Waals surface area contributed by atoms with Crippen molar-refractivity contribution in [3.63, 3.8) is 0 Å². The highest BCUT2D eigenvalue weighted by atomic mass is 32.2. The van der Waals surface area contributed by atoms with Crippen molar-refractivity contribution in [1.29, 1.82) is 0 Å². The van der Waals surface area contributed by atoms with E-state index < -0.39 is 0 Å². The Balaban J connectivity index is 1.41. The molecule has 0 aliphatic carbocycles. The van der Waals surface area contributed by atoms with Crippen molar-refractivity contribution < 1.29 is 9.53 Å². The van der Waals surface area contributed by atoms with E-state index in [-0.39, 0.29) is 11.9 Å². The summed E-state index contributed by atoms with van der Waals surface area (Å²) in [6, 6.07) is 16.7. The fourth-order valence-corrected chi connectivity index (χ4v) is 3.77. The number of nitrogens with one attached hydrogen (secondary N) is 1. The third-order valence-corrected chi connectivity index (χ3v) is 5.06. The number of hydrogen-bond acceptors (Lipinski definition) is 3. The first-order chi connectivity index (χ1) is 11.7. The molecule has 1 heterocycles. The molecule has 0 radical (unpaired) electrons.